The summed E-state index contributed by atoms with van der Waals surface area (Å²) in [7, 11) is 0. The first-order valence-corrected chi connectivity index (χ1v) is 8.33. The van der Waals surface area contributed by atoms with Gasteiger partial charge in [0, 0.05) is 29.6 Å². The molecule has 1 fully saturated rings. The summed E-state index contributed by atoms with van der Waals surface area (Å²) < 4.78 is 5.72. The predicted molar refractivity (Wildman–Crippen MR) is 85.6 cm³/mol. The van der Waals surface area contributed by atoms with Gasteiger partial charge in [0.15, 0.2) is 0 Å². The molecular weight excluding hydrogens is 276 g/mol. The topological polar surface area (TPSA) is 54.1 Å². The monoisotopic (exact) mass is 298 g/mol. The van der Waals surface area contributed by atoms with Gasteiger partial charge in [0.25, 0.3) is 0 Å². The van der Waals surface area contributed by atoms with Crippen molar-refractivity contribution in [2.45, 2.75) is 57.2 Å². The lowest BCUT2D eigenvalue weighted by molar-refractivity contribution is -0.153. The van der Waals surface area contributed by atoms with E-state index in [0.29, 0.717) is 13.0 Å². The Kier molecular flexibility index (Phi) is 3.62. The number of aromatic nitrogens is 1. The van der Waals surface area contributed by atoms with Gasteiger partial charge in [0.05, 0.1) is 0 Å². The number of H-pyrrole nitrogens is 1. The van der Waals surface area contributed by atoms with Crippen LogP contribution in [0, 0.1) is 0 Å². The molecule has 1 aliphatic heterocycles. The van der Waals surface area contributed by atoms with E-state index in [9.17, 15) is 4.79 Å². The Morgan fingerprint density at radius 1 is 1.14 bits per heavy atom. The molecule has 4 nitrogen and oxygen atoms in total. The molecule has 0 amide bonds. The zero-order valence-corrected chi connectivity index (χ0v) is 12.7. The van der Waals surface area contributed by atoms with E-state index >= 15 is 0 Å². The molecule has 2 heterocycles. The van der Waals surface area contributed by atoms with Crippen LogP contribution in [0.2, 0.25) is 0 Å². The van der Waals surface area contributed by atoms with Gasteiger partial charge in [-0.3, -0.25) is 10.1 Å². The van der Waals surface area contributed by atoms with Gasteiger partial charge in [-0.05, 0) is 37.3 Å². The van der Waals surface area contributed by atoms with Crippen molar-refractivity contribution in [2.75, 3.05) is 0 Å². The number of aromatic amines is 1. The first-order chi connectivity index (χ1) is 10.8. The quantitative estimate of drug-likeness (QED) is 0.838. The molecule has 4 rings (SSSR count). The number of para-hydroxylation sites is 1. The Morgan fingerprint density at radius 3 is 2.82 bits per heavy atom. The predicted octanol–water partition coefficient (Wildman–Crippen LogP) is 3.06. The second-order valence-corrected chi connectivity index (χ2v) is 6.46. The van der Waals surface area contributed by atoms with Gasteiger partial charge in [0.1, 0.15) is 12.1 Å². The summed E-state index contributed by atoms with van der Waals surface area (Å²) in [5.41, 5.74) is 3.61. The highest BCUT2D eigenvalue weighted by Gasteiger charge is 2.29. The van der Waals surface area contributed by atoms with Crippen molar-refractivity contribution < 1.29 is 9.53 Å². The zero-order valence-electron chi connectivity index (χ0n) is 12.7. The van der Waals surface area contributed by atoms with Crippen LogP contribution in [0.25, 0.3) is 10.9 Å². The normalized spacial score (nSPS) is 22.5. The maximum atomic E-state index is 12.4. The summed E-state index contributed by atoms with van der Waals surface area (Å²) >= 11 is 0. The second-order valence-electron chi connectivity index (χ2n) is 6.46. The molecule has 2 aliphatic rings. The van der Waals surface area contributed by atoms with Crippen LogP contribution >= 0.6 is 0 Å². The SMILES string of the molecule is O=C(OC1CCCCC1)C1Cc2c([nH]c3ccccc23)CN1. The molecule has 1 aliphatic carbocycles. The number of hydrogen-bond acceptors (Lipinski definition) is 3. The molecule has 4 heteroatoms. The van der Waals surface area contributed by atoms with Gasteiger partial charge in [0.2, 0.25) is 0 Å². The summed E-state index contributed by atoms with van der Waals surface area (Å²) in [5.74, 6) is -0.0807. The van der Waals surface area contributed by atoms with Gasteiger partial charge in [-0.25, -0.2) is 0 Å². The standard InChI is InChI=1S/C18H22N2O2/c21-18(22-12-6-2-1-3-7-12)16-10-14-13-8-4-5-9-15(13)20-17(14)11-19-16/h4-5,8-9,12,16,19-20H,1-3,6-7,10-11H2. The molecule has 2 aromatic rings. The first kappa shape index (κ1) is 13.8. The Labute approximate surface area is 130 Å². The van der Waals surface area contributed by atoms with Crippen LogP contribution < -0.4 is 5.32 Å². The lowest BCUT2D eigenvalue weighted by Gasteiger charge is -2.27. The number of rotatable bonds is 2. The number of carbonyl (C=O) groups excluding carboxylic acids is 1. The largest absolute Gasteiger partial charge is 0.461 e. The van der Waals surface area contributed by atoms with E-state index in [1.54, 1.807) is 0 Å². The molecule has 0 bridgehead atoms. The molecule has 0 radical (unpaired) electrons. The van der Waals surface area contributed by atoms with E-state index < -0.39 is 0 Å². The number of hydrogen-bond donors (Lipinski definition) is 2. The Morgan fingerprint density at radius 2 is 1.95 bits per heavy atom. The third-order valence-corrected chi connectivity index (χ3v) is 4.96. The molecule has 1 atom stereocenters. The maximum absolute atomic E-state index is 12.4. The van der Waals surface area contributed by atoms with E-state index in [2.05, 4.69) is 22.4 Å². The fraction of sp³-hybridized carbons (Fsp3) is 0.500. The Hall–Kier alpha value is -1.81. The van der Waals surface area contributed by atoms with Crippen LogP contribution in [0.5, 0.6) is 0 Å². The van der Waals surface area contributed by atoms with Crippen LogP contribution in [0.1, 0.15) is 43.4 Å². The zero-order chi connectivity index (χ0) is 14.9. The molecule has 0 saturated heterocycles. The minimum atomic E-state index is -0.214. The fourth-order valence-electron chi connectivity index (χ4n) is 3.74. The number of benzene rings is 1. The molecule has 116 valence electrons. The van der Waals surface area contributed by atoms with Crippen LogP contribution in [-0.2, 0) is 22.5 Å². The van der Waals surface area contributed by atoms with Crippen molar-refractivity contribution in [1.82, 2.24) is 10.3 Å². The third-order valence-electron chi connectivity index (χ3n) is 4.96. The summed E-state index contributed by atoms with van der Waals surface area (Å²) in [6.07, 6.45) is 6.53. The maximum Gasteiger partial charge on any atom is 0.323 e. The number of nitrogens with one attached hydrogen (secondary N) is 2. The van der Waals surface area contributed by atoms with E-state index in [1.807, 2.05) is 12.1 Å². The minimum absolute atomic E-state index is 0.0807. The molecule has 1 aromatic carbocycles. The van der Waals surface area contributed by atoms with Crippen molar-refractivity contribution in [2.24, 2.45) is 0 Å². The van der Waals surface area contributed by atoms with Crippen molar-refractivity contribution in [3.8, 4) is 0 Å². The van der Waals surface area contributed by atoms with Crippen molar-refractivity contribution in [3.63, 3.8) is 0 Å². The molecule has 0 spiro atoms. The lowest BCUT2D eigenvalue weighted by Crippen LogP contribution is -2.44. The van der Waals surface area contributed by atoms with Crippen LogP contribution in [0.4, 0.5) is 0 Å². The van der Waals surface area contributed by atoms with Crippen molar-refractivity contribution >= 4 is 16.9 Å². The Bertz CT molecular complexity index is 685. The molecule has 1 unspecified atom stereocenters. The van der Waals surface area contributed by atoms with E-state index in [0.717, 1.165) is 18.4 Å². The second kappa shape index (κ2) is 5.76. The van der Waals surface area contributed by atoms with Gasteiger partial charge < -0.3 is 9.72 Å². The summed E-state index contributed by atoms with van der Waals surface area (Å²) in [6.45, 7) is 0.703. The van der Waals surface area contributed by atoms with Crippen molar-refractivity contribution in [3.05, 3.63) is 35.5 Å². The van der Waals surface area contributed by atoms with Crippen LogP contribution in [0.15, 0.2) is 24.3 Å². The van der Waals surface area contributed by atoms with Crippen LogP contribution in [0.3, 0.4) is 0 Å². The van der Waals surface area contributed by atoms with Gasteiger partial charge in [-0.15, -0.1) is 0 Å². The minimum Gasteiger partial charge on any atom is -0.461 e. The number of esters is 1. The lowest BCUT2D eigenvalue weighted by atomic mass is 9.96. The van der Waals surface area contributed by atoms with E-state index in [1.165, 1.54) is 35.9 Å². The number of carbonyl (C=O) groups is 1. The molecule has 1 aromatic heterocycles. The highest BCUT2D eigenvalue weighted by molar-refractivity contribution is 5.86. The highest BCUT2D eigenvalue weighted by Crippen LogP contribution is 2.27. The third kappa shape index (κ3) is 2.52. The molecule has 2 N–H and O–H groups in total. The molecular formula is C18H22N2O2. The summed E-state index contributed by atoms with van der Waals surface area (Å²) in [5, 5.41) is 4.55. The van der Waals surface area contributed by atoms with E-state index in [4.69, 9.17) is 4.74 Å². The van der Waals surface area contributed by atoms with Gasteiger partial charge >= 0.3 is 5.97 Å². The van der Waals surface area contributed by atoms with E-state index in [-0.39, 0.29) is 18.1 Å². The smallest absolute Gasteiger partial charge is 0.323 e. The summed E-state index contributed by atoms with van der Waals surface area (Å²) in [4.78, 5) is 15.9. The van der Waals surface area contributed by atoms with Crippen molar-refractivity contribution in [1.29, 1.82) is 0 Å². The average molecular weight is 298 g/mol. The molecule has 22 heavy (non-hydrogen) atoms. The fourth-order valence-corrected chi connectivity index (χ4v) is 3.74. The van der Waals surface area contributed by atoms with Gasteiger partial charge in [-0.1, -0.05) is 24.6 Å². The summed E-state index contributed by atoms with van der Waals surface area (Å²) in [6, 6.07) is 8.08. The molecule has 1 saturated carbocycles. The number of fused-ring (bicyclic) bond motifs is 3. The highest BCUT2D eigenvalue weighted by atomic mass is 16.5. The average Bonchev–Trinajstić information content (AvgIpc) is 2.93. The number of ether oxygens (including phenoxy) is 1. The van der Waals surface area contributed by atoms with Gasteiger partial charge in [-0.2, -0.15) is 0 Å². The first-order valence-electron chi connectivity index (χ1n) is 8.33. The Balaban J connectivity index is 1.50. The van der Waals surface area contributed by atoms with Crippen LogP contribution in [-0.4, -0.2) is 23.1 Å².